The van der Waals surface area contributed by atoms with Gasteiger partial charge in [0.1, 0.15) is 0 Å². The summed E-state index contributed by atoms with van der Waals surface area (Å²) in [4.78, 5) is 0. The van der Waals surface area contributed by atoms with E-state index in [0.29, 0.717) is 18.8 Å². The molecule has 0 N–H and O–H groups in total. The Kier molecular flexibility index (Phi) is 8.04. The SMILES string of the molecule is C=CN(CC(/C=C/F)=C/C=C\C)N1CCCC1(C)/C=C/C(C)C. The molecule has 2 nitrogen and oxygen atoms in total. The molecule has 0 aromatic rings. The van der Waals surface area contributed by atoms with E-state index in [4.69, 9.17) is 0 Å². The van der Waals surface area contributed by atoms with Crippen LogP contribution in [-0.2, 0) is 0 Å². The largest absolute Gasteiger partial charge is 0.308 e. The van der Waals surface area contributed by atoms with Crippen LogP contribution in [0, 0.1) is 5.92 Å². The molecule has 0 aromatic carbocycles. The first kappa shape index (κ1) is 19.4. The maximum atomic E-state index is 12.6. The number of rotatable bonds is 8. The van der Waals surface area contributed by atoms with Gasteiger partial charge in [-0.1, -0.05) is 50.8 Å². The molecule has 0 radical (unpaired) electrons. The summed E-state index contributed by atoms with van der Waals surface area (Å²) in [5.41, 5.74) is 0.899. The molecule has 1 heterocycles. The molecule has 0 amide bonds. The van der Waals surface area contributed by atoms with Crippen LogP contribution in [0.3, 0.4) is 0 Å². The van der Waals surface area contributed by atoms with Crippen molar-refractivity contribution in [2.75, 3.05) is 13.1 Å². The summed E-state index contributed by atoms with van der Waals surface area (Å²) in [7, 11) is 0. The van der Waals surface area contributed by atoms with Crippen LogP contribution < -0.4 is 0 Å². The number of nitrogens with zero attached hydrogens (tertiary/aromatic N) is 2. The van der Waals surface area contributed by atoms with Gasteiger partial charge in [0.2, 0.25) is 0 Å². The molecular formula is C20H31FN2. The van der Waals surface area contributed by atoms with Gasteiger partial charge in [-0.15, -0.1) is 0 Å². The maximum Gasteiger partial charge on any atom is 0.0870 e. The maximum absolute atomic E-state index is 12.6. The Morgan fingerprint density at radius 1 is 1.43 bits per heavy atom. The molecule has 3 heteroatoms. The van der Waals surface area contributed by atoms with E-state index in [9.17, 15) is 4.39 Å². The third-order valence-corrected chi connectivity index (χ3v) is 4.13. The molecule has 1 atom stereocenters. The minimum atomic E-state index is -0.0103. The van der Waals surface area contributed by atoms with Crippen molar-refractivity contribution in [1.82, 2.24) is 10.0 Å². The summed E-state index contributed by atoms with van der Waals surface area (Å²) in [5, 5.41) is 4.45. The van der Waals surface area contributed by atoms with E-state index < -0.39 is 0 Å². The Morgan fingerprint density at radius 2 is 2.17 bits per heavy atom. The fourth-order valence-electron chi connectivity index (χ4n) is 2.86. The number of hydrogen-bond donors (Lipinski definition) is 0. The molecule has 1 aliphatic rings. The second-order valence-corrected chi connectivity index (χ2v) is 6.53. The fraction of sp³-hybridized carbons (Fsp3) is 0.500. The first-order valence-electron chi connectivity index (χ1n) is 8.41. The Bertz CT molecular complexity index is 488. The zero-order valence-corrected chi connectivity index (χ0v) is 15.0. The van der Waals surface area contributed by atoms with Gasteiger partial charge in [0.15, 0.2) is 0 Å². The Morgan fingerprint density at radius 3 is 2.74 bits per heavy atom. The molecule has 23 heavy (non-hydrogen) atoms. The lowest BCUT2D eigenvalue weighted by Crippen LogP contribution is -2.49. The van der Waals surface area contributed by atoms with E-state index in [1.54, 1.807) is 0 Å². The topological polar surface area (TPSA) is 6.48 Å². The van der Waals surface area contributed by atoms with Crippen LogP contribution >= 0.6 is 0 Å². The van der Waals surface area contributed by atoms with Gasteiger partial charge in [0.25, 0.3) is 0 Å². The molecule has 0 bridgehead atoms. The number of halogens is 1. The van der Waals surface area contributed by atoms with Crippen molar-refractivity contribution in [2.24, 2.45) is 5.92 Å². The fourth-order valence-corrected chi connectivity index (χ4v) is 2.86. The summed E-state index contributed by atoms with van der Waals surface area (Å²) in [6.45, 7) is 14.1. The standard InChI is InChI=1S/C20H31FN2/c1-6-8-10-19(12-15-21)17-22(7-2)23-16-9-13-20(23,5)14-11-18(3)4/h6-8,10-12,14-15,18H,2,9,13,16-17H2,1,3-5H3/b8-6-,14-11+,15-12+,19-10+. The van der Waals surface area contributed by atoms with Gasteiger partial charge in [0.05, 0.1) is 18.4 Å². The van der Waals surface area contributed by atoms with Crippen molar-refractivity contribution in [2.45, 2.75) is 46.1 Å². The number of hydrogen-bond acceptors (Lipinski definition) is 2. The van der Waals surface area contributed by atoms with Gasteiger partial charge < -0.3 is 5.01 Å². The average Bonchev–Trinajstić information content (AvgIpc) is 2.90. The lowest BCUT2D eigenvalue weighted by molar-refractivity contribution is -0.0103. The van der Waals surface area contributed by atoms with E-state index in [-0.39, 0.29) is 5.54 Å². The third-order valence-electron chi connectivity index (χ3n) is 4.13. The third kappa shape index (κ3) is 5.83. The van der Waals surface area contributed by atoms with Gasteiger partial charge >= 0.3 is 0 Å². The first-order valence-corrected chi connectivity index (χ1v) is 8.41. The second kappa shape index (κ2) is 9.51. The van der Waals surface area contributed by atoms with Crippen LogP contribution in [0.25, 0.3) is 0 Å². The summed E-state index contributed by atoms with van der Waals surface area (Å²) in [6, 6.07) is 0. The number of hydrazine groups is 1. The van der Waals surface area contributed by atoms with Gasteiger partial charge in [-0.3, -0.25) is 0 Å². The lowest BCUT2D eigenvalue weighted by Gasteiger charge is -2.41. The van der Waals surface area contributed by atoms with E-state index in [1.807, 2.05) is 31.4 Å². The van der Waals surface area contributed by atoms with Crippen LogP contribution in [0.2, 0.25) is 0 Å². The Hall–Kier alpha value is -1.61. The predicted molar refractivity (Wildman–Crippen MR) is 98.4 cm³/mol. The van der Waals surface area contributed by atoms with E-state index in [1.165, 1.54) is 6.08 Å². The minimum Gasteiger partial charge on any atom is -0.308 e. The average molecular weight is 318 g/mol. The Balaban J connectivity index is 2.96. The second-order valence-electron chi connectivity index (χ2n) is 6.53. The predicted octanol–water partition coefficient (Wildman–Crippen LogP) is 5.40. The molecule has 1 unspecified atom stereocenters. The highest BCUT2D eigenvalue weighted by Gasteiger charge is 2.37. The zero-order valence-electron chi connectivity index (χ0n) is 15.0. The number of allylic oxidation sites excluding steroid dienone is 4. The normalized spacial score (nSPS) is 23.8. The van der Waals surface area contributed by atoms with Crippen LogP contribution in [0.1, 0.15) is 40.5 Å². The quantitative estimate of drug-likeness (QED) is 0.437. The van der Waals surface area contributed by atoms with Crippen molar-refractivity contribution in [3.63, 3.8) is 0 Å². The van der Waals surface area contributed by atoms with Crippen molar-refractivity contribution in [1.29, 1.82) is 0 Å². The molecule has 1 aliphatic heterocycles. The molecule has 1 saturated heterocycles. The Labute approximate surface area is 141 Å². The van der Waals surface area contributed by atoms with Crippen molar-refractivity contribution >= 4 is 0 Å². The van der Waals surface area contributed by atoms with Gasteiger partial charge in [-0.05, 0) is 44.3 Å². The summed E-state index contributed by atoms with van der Waals surface area (Å²) in [6.07, 6.45) is 16.6. The van der Waals surface area contributed by atoms with Crippen LogP contribution in [0.15, 0.2) is 61.1 Å². The van der Waals surface area contributed by atoms with Crippen molar-refractivity contribution < 1.29 is 4.39 Å². The highest BCUT2D eigenvalue weighted by molar-refractivity contribution is 5.25. The monoisotopic (exact) mass is 318 g/mol. The highest BCUT2D eigenvalue weighted by Crippen LogP contribution is 2.32. The van der Waals surface area contributed by atoms with E-state index in [2.05, 4.69) is 49.5 Å². The van der Waals surface area contributed by atoms with E-state index in [0.717, 1.165) is 25.0 Å². The van der Waals surface area contributed by atoms with Crippen molar-refractivity contribution in [3.8, 4) is 0 Å². The molecular weight excluding hydrogens is 287 g/mol. The molecule has 1 rings (SSSR count). The lowest BCUT2D eigenvalue weighted by atomic mass is 9.97. The van der Waals surface area contributed by atoms with Gasteiger partial charge in [-0.2, -0.15) is 0 Å². The van der Waals surface area contributed by atoms with Crippen LogP contribution in [-0.4, -0.2) is 28.6 Å². The summed E-state index contributed by atoms with van der Waals surface area (Å²) >= 11 is 0. The zero-order chi connectivity index (χ0) is 17.3. The minimum absolute atomic E-state index is 0.0103. The molecule has 128 valence electrons. The van der Waals surface area contributed by atoms with Crippen molar-refractivity contribution in [3.05, 3.63) is 61.1 Å². The first-order chi connectivity index (χ1) is 11.0. The van der Waals surface area contributed by atoms with Gasteiger partial charge in [0, 0.05) is 12.7 Å². The van der Waals surface area contributed by atoms with Gasteiger partial charge in [-0.25, -0.2) is 9.40 Å². The molecule has 0 aromatic heterocycles. The summed E-state index contributed by atoms with van der Waals surface area (Å²) in [5.74, 6) is 0.533. The van der Waals surface area contributed by atoms with Crippen LogP contribution in [0.5, 0.6) is 0 Å². The molecule has 0 spiro atoms. The smallest absolute Gasteiger partial charge is 0.0870 e. The molecule has 1 fully saturated rings. The molecule has 0 aliphatic carbocycles. The highest BCUT2D eigenvalue weighted by atomic mass is 19.1. The van der Waals surface area contributed by atoms with E-state index >= 15 is 0 Å². The summed E-state index contributed by atoms with van der Waals surface area (Å²) < 4.78 is 12.6. The molecule has 0 saturated carbocycles. The van der Waals surface area contributed by atoms with Crippen LogP contribution in [0.4, 0.5) is 4.39 Å².